The highest BCUT2D eigenvalue weighted by molar-refractivity contribution is 6.29. The maximum atomic E-state index is 5.78. The number of rotatable bonds is 3. The molecule has 0 spiro atoms. The number of nitrogens with zero attached hydrogens (tertiary/aromatic N) is 4. The number of aromatic nitrogens is 4. The molecule has 17 heavy (non-hydrogen) atoms. The molecule has 0 aromatic carbocycles. The summed E-state index contributed by atoms with van der Waals surface area (Å²) < 4.78 is 7.10. The summed E-state index contributed by atoms with van der Waals surface area (Å²) in [5, 5.41) is 8.56. The number of hydrogen-bond acceptors (Lipinski definition) is 4. The van der Waals surface area contributed by atoms with Crippen LogP contribution in [0.3, 0.4) is 0 Å². The van der Waals surface area contributed by atoms with Crippen LogP contribution in [-0.2, 0) is 12.8 Å². The summed E-state index contributed by atoms with van der Waals surface area (Å²) in [5.41, 5.74) is 0.708. The predicted octanol–water partition coefficient (Wildman–Crippen LogP) is 2.16. The molecule has 0 fully saturated rings. The second-order valence-corrected chi connectivity index (χ2v) is 4.02. The molecule has 3 aromatic heterocycles. The second-order valence-electron chi connectivity index (χ2n) is 3.64. The van der Waals surface area contributed by atoms with Gasteiger partial charge in [0.15, 0.2) is 5.65 Å². The van der Waals surface area contributed by atoms with Gasteiger partial charge in [-0.2, -0.15) is 0 Å². The van der Waals surface area contributed by atoms with E-state index >= 15 is 0 Å². The third-order valence-electron chi connectivity index (χ3n) is 2.51. The van der Waals surface area contributed by atoms with Crippen molar-refractivity contribution >= 4 is 17.2 Å². The first-order chi connectivity index (χ1) is 8.33. The van der Waals surface area contributed by atoms with E-state index in [1.165, 1.54) is 0 Å². The van der Waals surface area contributed by atoms with Crippen molar-refractivity contribution in [3.63, 3.8) is 0 Å². The summed E-state index contributed by atoms with van der Waals surface area (Å²) in [7, 11) is 0. The van der Waals surface area contributed by atoms with Gasteiger partial charge in [0.05, 0.1) is 6.26 Å². The Morgan fingerprint density at radius 2 is 2.24 bits per heavy atom. The molecule has 0 amide bonds. The molecule has 0 N–H and O–H groups in total. The molecular formula is C11H9ClN4O. The minimum absolute atomic E-state index is 0.419. The first kappa shape index (κ1) is 10.3. The number of hydrogen-bond donors (Lipinski definition) is 0. The van der Waals surface area contributed by atoms with Gasteiger partial charge in [0, 0.05) is 18.9 Å². The molecule has 6 heteroatoms. The maximum Gasteiger partial charge on any atom is 0.165 e. The van der Waals surface area contributed by atoms with Crippen molar-refractivity contribution in [3.05, 3.63) is 47.5 Å². The number of halogens is 1. The molecule has 86 valence electrons. The zero-order chi connectivity index (χ0) is 11.7. The van der Waals surface area contributed by atoms with Crippen molar-refractivity contribution in [1.29, 1.82) is 0 Å². The highest BCUT2D eigenvalue weighted by atomic mass is 35.5. The van der Waals surface area contributed by atoms with Crippen molar-refractivity contribution in [2.75, 3.05) is 0 Å². The molecule has 0 unspecified atom stereocenters. The van der Waals surface area contributed by atoms with Gasteiger partial charge < -0.3 is 4.42 Å². The van der Waals surface area contributed by atoms with Gasteiger partial charge in [-0.25, -0.2) is 4.98 Å². The van der Waals surface area contributed by atoms with Crippen LogP contribution in [0.4, 0.5) is 0 Å². The molecule has 3 aromatic rings. The van der Waals surface area contributed by atoms with Crippen molar-refractivity contribution < 1.29 is 4.42 Å². The highest BCUT2D eigenvalue weighted by Gasteiger charge is 2.07. The topological polar surface area (TPSA) is 56.2 Å². The third kappa shape index (κ3) is 2.01. The zero-order valence-corrected chi connectivity index (χ0v) is 9.63. The van der Waals surface area contributed by atoms with Crippen LogP contribution < -0.4 is 0 Å². The number of furan rings is 1. The van der Waals surface area contributed by atoms with Gasteiger partial charge in [0.2, 0.25) is 0 Å². The Morgan fingerprint density at radius 3 is 3.06 bits per heavy atom. The monoisotopic (exact) mass is 248 g/mol. The zero-order valence-electron chi connectivity index (χ0n) is 8.88. The van der Waals surface area contributed by atoms with Gasteiger partial charge in [-0.1, -0.05) is 11.6 Å². The molecule has 0 bridgehead atoms. The lowest BCUT2D eigenvalue weighted by Gasteiger charge is -1.98. The molecule has 5 nitrogen and oxygen atoms in total. The van der Waals surface area contributed by atoms with Gasteiger partial charge in [-0.05, 0) is 12.1 Å². The Kier molecular flexibility index (Phi) is 2.53. The Bertz CT molecular complexity index is 632. The summed E-state index contributed by atoms with van der Waals surface area (Å²) >= 11 is 5.78. The average molecular weight is 249 g/mol. The standard InChI is InChI=1S/C11H9ClN4O/c12-9-6-11-15-14-10(16(11)7-13-9)4-3-8-2-1-5-17-8/h1-2,5-7H,3-4H2. The molecule has 3 rings (SSSR count). The molecule has 3 heterocycles. The maximum absolute atomic E-state index is 5.78. The molecule has 0 radical (unpaired) electrons. The van der Waals surface area contributed by atoms with E-state index in [0.717, 1.165) is 24.4 Å². The van der Waals surface area contributed by atoms with Crippen LogP contribution in [0.2, 0.25) is 5.15 Å². The summed E-state index contributed by atoms with van der Waals surface area (Å²) in [6.07, 6.45) is 4.84. The van der Waals surface area contributed by atoms with Crippen molar-refractivity contribution in [3.8, 4) is 0 Å². The number of fused-ring (bicyclic) bond motifs is 1. The summed E-state index contributed by atoms with van der Waals surface area (Å²) in [6, 6.07) is 5.50. The Hall–Kier alpha value is -1.88. The molecule has 0 saturated carbocycles. The molecular weight excluding hydrogens is 240 g/mol. The van der Waals surface area contributed by atoms with E-state index in [4.69, 9.17) is 16.0 Å². The minimum Gasteiger partial charge on any atom is -0.469 e. The Balaban J connectivity index is 1.86. The van der Waals surface area contributed by atoms with Crippen LogP contribution in [0, 0.1) is 0 Å². The third-order valence-corrected chi connectivity index (χ3v) is 2.72. The van der Waals surface area contributed by atoms with Crippen LogP contribution in [0.25, 0.3) is 5.65 Å². The van der Waals surface area contributed by atoms with E-state index in [1.807, 2.05) is 16.5 Å². The lowest BCUT2D eigenvalue weighted by atomic mass is 10.2. The van der Waals surface area contributed by atoms with E-state index in [0.29, 0.717) is 10.8 Å². The van der Waals surface area contributed by atoms with Gasteiger partial charge in [0.25, 0.3) is 0 Å². The van der Waals surface area contributed by atoms with Gasteiger partial charge >= 0.3 is 0 Å². The predicted molar refractivity (Wildman–Crippen MR) is 61.9 cm³/mol. The smallest absolute Gasteiger partial charge is 0.165 e. The molecule has 0 aliphatic heterocycles. The van der Waals surface area contributed by atoms with E-state index < -0.39 is 0 Å². The summed E-state index contributed by atoms with van der Waals surface area (Å²) in [6.45, 7) is 0. The Labute approximate surface area is 102 Å². The van der Waals surface area contributed by atoms with E-state index in [2.05, 4.69) is 15.2 Å². The summed E-state index contributed by atoms with van der Waals surface area (Å²) in [4.78, 5) is 4.01. The molecule has 0 saturated heterocycles. The van der Waals surface area contributed by atoms with Crippen molar-refractivity contribution in [1.82, 2.24) is 19.6 Å². The van der Waals surface area contributed by atoms with Crippen LogP contribution in [0.5, 0.6) is 0 Å². The fraction of sp³-hybridized carbons (Fsp3) is 0.182. The quantitative estimate of drug-likeness (QED) is 0.667. The SMILES string of the molecule is Clc1cc2nnc(CCc3ccco3)n2cn1. The lowest BCUT2D eigenvalue weighted by molar-refractivity contribution is 0.506. The van der Waals surface area contributed by atoms with E-state index in [1.54, 1.807) is 18.7 Å². The van der Waals surface area contributed by atoms with E-state index in [9.17, 15) is 0 Å². The summed E-state index contributed by atoms with van der Waals surface area (Å²) in [5.74, 6) is 1.78. The Morgan fingerprint density at radius 1 is 1.29 bits per heavy atom. The largest absolute Gasteiger partial charge is 0.469 e. The normalized spacial score (nSPS) is 11.1. The molecule has 0 aliphatic carbocycles. The molecule has 0 aliphatic rings. The second kappa shape index (κ2) is 4.18. The van der Waals surface area contributed by atoms with Crippen molar-refractivity contribution in [2.24, 2.45) is 0 Å². The van der Waals surface area contributed by atoms with Gasteiger partial charge in [-0.15, -0.1) is 10.2 Å². The fourth-order valence-electron chi connectivity index (χ4n) is 1.68. The first-order valence-electron chi connectivity index (χ1n) is 5.20. The van der Waals surface area contributed by atoms with Crippen LogP contribution in [0.1, 0.15) is 11.6 Å². The van der Waals surface area contributed by atoms with Gasteiger partial charge in [0.1, 0.15) is 23.1 Å². The van der Waals surface area contributed by atoms with Crippen LogP contribution >= 0.6 is 11.6 Å². The average Bonchev–Trinajstić information content (AvgIpc) is 2.94. The van der Waals surface area contributed by atoms with Crippen molar-refractivity contribution in [2.45, 2.75) is 12.8 Å². The van der Waals surface area contributed by atoms with Crippen LogP contribution in [0.15, 0.2) is 35.2 Å². The number of aryl methyl sites for hydroxylation is 2. The fourth-order valence-corrected chi connectivity index (χ4v) is 1.82. The minimum atomic E-state index is 0.419. The highest BCUT2D eigenvalue weighted by Crippen LogP contribution is 2.11. The molecule has 0 atom stereocenters. The first-order valence-corrected chi connectivity index (χ1v) is 5.58. The lowest BCUT2D eigenvalue weighted by Crippen LogP contribution is -1.98. The van der Waals surface area contributed by atoms with Gasteiger partial charge in [-0.3, -0.25) is 4.40 Å². The van der Waals surface area contributed by atoms with Crippen LogP contribution in [-0.4, -0.2) is 19.6 Å². The van der Waals surface area contributed by atoms with E-state index in [-0.39, 0.29) is 0 Å².